The van der Waals surface area contributed by atoms with Crippen molar-refractivity contribution in [1.82, 2.24) is 9.97 Å². The summed E-state index contributed by atoms with van der Waals surface area (Å²) in [6.07, 6.45) is 0. The highest BCUT2D eigenvalue weighted by atomic mass is 79.9. The van der Waals surface area contributed by atoms with Gasteiger partial charge < -0.3 is 15.8 Å². The number of hydrogen-bond donors (Lipinski definition) is 2. The van der Waals surface area contributed by atoms with Crippen LogP contribution in [0.3, 0.4) is 0 Å². The molecule has 0 saturated carbocycles. The lowest BCUT2D eigenvalue weighted by Crippen LogP contribution is -2.16. The van der Waals surface area contributed by atoms with E-state index in [9.17, 15) is 4.79 Å². The van der Waals surface area contributed by atoms with E-state index in [4.69, 9.17) is 10.5 Å². The lowest BCUT2D eigenvalue weighted by atomic mass is 10.2. The van der Waals surface area contributed by atoms with Gasteiger partial charge in [-0.25, -0.2) is 9.97 Å². The largest absolute Gasteiger partial charge is 0.497 e. The van der Waals surface area contributed by atoms with Gasteiger partial charge in [0.1, 0.15) is 11.6 Å². The number of primary amides is 1. The van der Waals surface area contributed by atoms with Crippen LogP contribution in [0.2, 0.25) is 0 Å². The molecule has 1 amide bonds. The molecule has 3 N–H and O–H groups in total. The van der Waals surface area contributed by atoms with Crippen LogP contribution >= 0.6 is 15.9 Å². The van der Waals surface area contributed by atoms with Gasteiger partial charge in [0.2, 0.25) is 5.82 Å². The maximum Gasteiger partial charge on any atom is 0.286 e. The Morgan fingerprint density at radius 2 is 2.04 bits per heavy atom. The van der Waals surface area contributed by atoms with Crippen molar-refractivity contribution in [1.29, 1.82) is 0 Å². The average Bonchev–Trinajstić information content (AvgIpc) is 2.54. The van der Waals surface area contributed by atoms with Crippen molar-refractivity contribution in [3.8, 4) is 5.75 Å². The maximum atomic E-state index is 11.5. The molecule has 0 aliphatic heterocycles. The minimum Gasteiger partial charge on any atom is -0.497 e. The molecule has 0 fully saturated rings. The summed E-state index contributed by atoms with van der Waals surface area (Å²) < 4.78 is 6.12. The topological polar surface area (TPSA) is 90.1 Å². The first-order chi connectivity index (χ1) is 11.1. The van der Waals surface area contributed by atoms with Crippen molar-refractivity contribution >= 4 is 44.2 Å². The molecule has 0 radical (unpaired) electrons. The van der Waals surface area contributed by atoms with Crippen molar-refractivity contribution in [3.05, 3.63) is 52.8 Å². The number of nitrogens with two attached hydrogens (primary N) is 1. The number of aromatic nitrogens is 2. The van der Waals surface area contributed by atoms with Gasteiger partial charge in [0.05, 0.1) is 12.6 Å². The van der Waals surface area contributed by atoms with Gasteiger partial charge >= 0.3 is 0 Å². The highest BCUT2D eigenvalue weighted by Gasteiger charge is 2.12. The molecule has 0 aliphatic carbocycles. The number of hydrogen-bond acceptors (Lipinski definition) is 5. The molecule has 0 spiro atoms. The standard InChI is InChI=1S/C16H13BrN4O2/c1-23-11-5-6-12-13(8-11)20-16(14(18)22)21-15(12)19-10-4-2-3-9(17)7-10/h2-8H,1H3,(H2,18,22)(H,19,20,21). The Morgan fingerprint density at radius 3 is 2.74 bits per heavy atom. The van der Waals surface area contributed by atoms with E-state index in [1.165, 1.54) is 0 Å². The molecule has 1 aromatic heterocycles. The predicted octanol–water partition coefficient (Wildman–Crippen LogP) is 3.24. The first kappa shape index (κ1) is 15.2. The number of carbonyl (C=O) groups excluding carboxylic acids is 1. The highest BCUT2D eigenvalue weighted by Crippen LogP contribution is 2.27. The molecule has 0 aliphatic rings. The van der Waals surface area contributed by atoms with Gasteiger partial charge in [0, 0.05) is 21.6 Å². The summed E-state index contributed by atoms with van der Waals surface area (Å²) in [6.45, 7) is 0. The van der Waals surface area contributed by atoms with E-state index >= 15 is 0 Å². The van der Waals surface area contributed by atoms with Crippen molar-refractivity contribution in [3.63, 3.8) is 0 Å². The van der Waals surface area contributed by atoms with Crippen LogP contribution in [0.5, 0.6) is 5.75 Å². The fraction of sp³-hybridized carbons (Fsp3) is 0.0625. The third kappa shape index (κ3) is 3.24. The molecule has 7 heteroatoms. The quantitative estimate of drug-likeness (QED) is 0.733. The van der Waals surface area contributed by atoms with Gasteiger partial charge in [-0.3, -0.25) is 4.79 Å². The number of nitrogens with one attached hydrogen (secondary N) is 1. The highest BCUT2D eigenvalue weighted by molar-refractivity contribution is 9.10. The van der Waals surface area contributed by atoms with E-state index in [0.29, 0.717) is 17.1 Å². The van der Waals surface area contributed by atoms with Crippen molar-refractivity contribution in [2.45, 2.75) is 0 Å². The summed E-state index contributed by atoms with van der Waals surface area (Å²) in [6, 6.07) is 13.0. The lowest BCUT2D eigenvalue weighted by Gasteiger charge is -2.11. The van der Waals surface area contributed by atoms with Crippen LogP contribution in [0.4, 0.5) is 11.5 Å². The van der Waals surface area contributed by atoms with Gasteiger partial charge in [-0.1, -0.05) is 22.0 Å². The van der Waals surface area contributed by atoms with Crippen LogP contribution < -0.4 is 15.8 Å². The van der Waals surface area contributed by atoms with E-state index in [-0.39, 0.29) is 5.82 Å². The molecule has 6 nitrogen and oxygen atoms in total. The molecule has 116 valence electrons. The monoisotopic (exact) mass is 372 g/mol. The molecule has 2 aromatic carbocycles. The minimum absolute atomic E-state index is 0.0525. The second kappa shape index (κ2) is 6.21. The average molecular weight is 373 g/mol. The van der Waals surface area contributed by atoms with Gasteiger partial charge in [-0.05, 0) is 30.3 Å². The summed E-state index contributed by atoms with van der Waals surface area (Å²) in [4.78, 5) is 19.9. The molecule has 0 atom stereocenters. The number of amides is 1. The predicted molar refractivity (Wildman–Crippen MR) is 92.0 cm³/mol. The number of rotatable bonds is 4. The van der Waals surface area contributed by atoms with Crippen LogP contribution in [0, 0.1) is 0 Å². The van der Waals surface area contributed by atoms with E-state index in [1.807, 2.05) is 36.4 Å². The molecule has 1 heterocycles. The number of benzene rings is 2. The van der Waals surface area contributed by atoms with Crippen molar-refractivity contribution in [2.24, 2.45) is 5.73 Å². The zero-order valence-electron chi connectivity index (χ0n) is 12.2. The number of nitrogens with zero attached hydrogens (tertiary/aromatic N) is 2. The minimum atomic E-state index is -0.688. The number of methoxy groups -OCH3 is 1. The van der Waals surface area contributed by atoms with Gasteiger partial charge in [0.25, 0.3) is 5.91 Å². The normalized spacial score (nSPS) is 10.5. The molecule has 3 rings (SSSR count). The zero-order valence-corrected chi connectivity index (χ0v) is 13.8. The lowest BCUT2D eigenvalue weighted by molar-refractivity contribution is 0.0991. The SMILES string of the molecule is COc1ccc2c(Nc3cccc(Br)c3)nc(C(N)=O)nc2c1. The smallest absolute Gasteiger partial charge is 0.286 e. The molecular weight excluding hydrogens is 360 g/mol. The van der Waals surface area contributed by atoms with Crippen LogP contribution in [0.15, 0.2) is 46.9 Å². The second-order valence-corrected chi connectivity index (χ2v) is 5.69. The summed E-state index contributed by atoms with van der Waals surface area (Å²) in [5.41, 5.74) is 6.73. The fourth-order valence-corrected chi connectivity index (χ4v) is 2.54. The van der Waals surface area contributed by atoms with Gasteiger partial charge in [-0.15, -0.1) is 0 Å². The number of fused-ring (bicyclic) bond motifs is 1. The summed E-state index contributed by atoms with van der Waals surface area (Å²) in [5.74, 6) is 0.403. The second-order valence-electron chi connectivity index (χ2n) is 4.78. The Labute approximate surface area is 140 Å². The van der Waals surface area contributed by atoms with E-state index in [0.717, 1.165) is 15.5 Å². The van der Waals surface area contributed by atoms with Gasteiger partial charge in [-0.2, -0.15) is 0 Å². The fourth-order valence-electron chi connectivity index (χ4n) is 2.14. The van der Waals surface area contributed by atoms with Crippen LogP contribution in [-0.4, -0.2) is 23.0 Å². The first-order valence-electron chi connectivity index (χ1n) is 6.75. The Morgan fingerprint density at radius 1 is 1.22 bits per heavy atom. The van der Waals surface area contributed by atoms with Crippen LogP contribution in [-0.2, 0) is 0 Å². The third-order valence-corrected chi connectivity index (χ3v) is 3.71. The summed E-state index contributed by atoms with van der Waals surface area (Å²) in [7, 11) is 1.57. The molecule has 0 bridgehead atoms. The third-order valence-electron chi connectivity index (χ3n) is 3.21. The van der Waals surface area contributed by atoms with Gasteiger partial charge in [0.15, 0.2) is 0 Å². The summed E-state index contributed by atoms with van der Waals surface area (Å²) in [5, 5.41) is 3.95. The molecule has 0 saturated heterocycles. The van der Waals surface area contributed by atoms with Crippen molar-refractivity contribution in [2.75, 3.05) is 12.4 Å². The number of carbonyl (C=O) groups is 1. The molecular formula is C16H13BrN4O2. The first-order valence-corrected chi connectivity index (χ1v) is 7.54. The Balaban J connectivity index is 2.15. The molecule has 0 unspecified atom stereocenters. The van der Waals surface area contributed by atoms with E-state index in [2.05, 4.69) is 31.2 Å². The van der Waals surface area contributed by atoms with E-state index in [1.54, 1.807) is 13.2 Å². The molecule has 23 heavy (non-hydrogen) atoms. The maximum absolute atomic E-state index is 11.5. The van der Waals surface area contributed by atoms with Crippen molar-refractivity contribution < 1.29 is 9.53 Å². The Kier molecular flexibility index (Phi) is 4.12. The number of anilines is 2. The van der Waals surface area contributed by atoms with E-state index < -0.39 is 5.91 Å². The molecule has 3 aromatic rings. The summed E-state index contributed by atoms with van der Waals surface area (Å²) >= 11 is 3.42. The Hall–Kier alpha value is -2.67. The Bertz CT molecular complexity index is 898. The number of halogens is 1. The van der Waals surface area contributed by atoms with Crippen LogP contribution in [0.25, 0.3) is 10.9 Å². The van der Waals surface area contributed by atoms with Crippen LogP contribution in [0.1, 0.15) is 10.6 Å². The zero-order chi connectivity index (χ0) is 16.4. The number of ether oxygens (including phenoxy) is 1.